The fourth-order valence-corrected chi connectivity index (χ4v) is 1.21. The van der Waals surface area contributed by atoms with E-state index in [1.165, 1.54) is 0 Å². The summed E-state index contributed by atoms with van der Waals surface area (Å²) in [5.41, 5.74) is 0.739. The monoisotopic (exact) mass is 224 g/mol. The van der Waals surface area contributed by atoms with Crippen molar-refractivity contribution in [2.75, 3.05) is 7.11 Å². The molecule has 78 valence electrons. The molecule has 0 saturated carbocycles. The molecule has 0 amide bonds. The lowest BCUT2D eigenvalue weighted by molar-refractivity contribution is 0.111. The van der Waals surface area contributed by atoms with E-state index in [0.29, 0.717) is 6.29 Å². The van der Waals surface area contributed by atoms with E-state index in [-0.39, 0.29) is 18.2 Å². The molecule has 2 rings (SSSR count). The summed E-state index contributed by atoms with van der Waals surface area (Å²) in [7, 11) is 1.60. The molecule has 0 radical (unpaired) electrons. The summed E-state index contributed by atoms with van der Waals surface area (Å²) in [6, 6.07) is 5.41. The average molecular weight is 225 g/mol. The molecule has 1 heterocycles. The second kappa shape index (κ2) is 4.70. The van der Waals surface area contributed by atoms with Crippen LogP contribution in [-0.2, 0) is 0 Å². The van der Waals surface area contributed by atoms with Crippen molar-refractivity contribution in [1.82, 2.24) is 9.97 Å². The number of carbonyl (C=O) groups is 1. The molecule has 5 heteroatoms. The normalized spacial score (nSPS) is 9.40. The van der Waals surface area contributed by atoms with Crippen LogP contribution in [-0.4, -0.2) is 23.4 Å². The first-order valence-electron chi connectivity index (χ1n) is 4.09. The van der Waals surface area contributed by atoms with Crippen molar-refractivity contribution in [3.8, 4) is 5.75 Å². The van der Waals surface area contributed by atoms with Gasteiger partial charge in [0.2, 0.25) is 0 Å². The van der Waals surface area contributed by atoms with Crippen molar-refractivity contribution >= 4 is 29.6 Å². The summed E-state index contributed by atoms with van der Waals surface area (Å²) in [6.45, 7) is 0. The predicted octanol–water partition coefficient (Wildman–Crippen LogP) is 1.87. The summed E-state index contributed by atoms with van der Waals surface area (Å²) in [5.74, 6) is 0.947. The Morgan fingerprint density at radius 2 is 2.20 bits per heavy atom. The Labute approximate surface area is 92.7 Å². The molecule has 2 aromatic rings. The first-order chi connectivity index (χ1) is 6.83. The minimum atomic E-state index is 0. The highest BCUT2D eigenvalue weighted by Gasteiger charge is 1.99. The molecule has 15 heavy (non-hydrogen) atoms. The van der Waals surface area contributed by atoms with Gasteiger partial charge in [0.1, 0.15) is 5.75 Å². The zero-order valence-electron chi connectivity index (χ0n) is 8.01. The lowest BCUT2D eigenvalue weighted by Gasteiger charge is -2.01. The van der Waals surface area contributed by atoms with E-state index in [0.717, 1.165) is 16.7 Å². The maximum Gasteiger partial charge on any atom is 0.193 e. The Morgan fingerprint density at radius 1 is 1.40 bits per heavy atom. The molecular formula is C10H9ClN2O2. The fourth-order valence-electron chi connectivity index (χ4n) is 1.21. The van der Waals surface area contributed by atoms with Crippen molar-refractivity contribution in [2.45, 2.75) is 0 Å². The SMILES string of the molecule is COc1ccc2nc(C=O)ncc2c1.Cl. The van der Waals surface area contributed by atoms with Gasteiger partial charge in [-0.2, -0.15) is 0 Å². The minimum Gasteiger partial charge on any atom is -0.497 e. The Kier molecular flexibility index (Phi) is 3.57. The van der Waals surface area contributed by atoms with Crippen LogP contribution in [0.5, 0.6) is 5.75 Å². The van der Waals surface area contributed by atoms with Crippen LogP contribution in [0.15, 0.2) is 24.4 Å². The highest BCUT2D eigenvalue weighted by atomic mass is 35.5. The van der Waals surface area contributed by atoms with E-state index < -0.39 is 0 Å². The number of nitrogens with zero attached hydrogens (tertiary/aromatic N) is 2. The topological polar surface area (TPSA) is 52.1 Å². The number of hydrogen-bond acceptors (Lipinski definition) is 4. The number of ether oxygens (including phenoxy) is 1. The van der Waals surface area contributed by atoms with Crippen LogP contribution in [0, 0.1) is 0 Å². The molecule has 0 aliphatic heterocycles. The van der Waals surface area contributed by atoms with Crippen molar-refractivity contribution in [1.29, 1.82) is 0 Å². The van der Waals surface area contributed by atoms with Gasteiger partial charge < -0.3 is 4.74 Å². The van der Waals surface area contributed by atoms with Gasteiger partial charge in [-0.05, 0) is 18.2 Å². The highest BCUT2D eigenvalue weighted by molar-refractivity contribution is 5.85. The number of benzene rings is 1. The molecule has 0 fully saturated rings. The van der Waals surface area contributed by atoms with Gasteiger partial charge in [-0.15, -0.1) is 12.4 Å². The first-order valence-corrected chi connectivity index (χ1v) is 4.09. The van der Waals surface area contributed by atoms with Gasteiger partial charge in [-0.25, -0.2) is 9.97 Å². The summed E-state index contributed by atoms with van der Waals surface area (Å²) < 4.78 is 5.05. The molecule has 0 aliphatic carbocycles. The van der Waals surface area contributed by atoms with E-state index in [9.17, 15) is 4.79 Å². The quantitative estimate of drug-likeness (QED) is 0.731. The molecule has 0 aliphatic rings. The molecule has 1 aromatic carbocycles. The maximum absolute atomic E-state index is 10.4. The largest absolute Gasteiger partial charge is 0.497 e. The van der Waals surface area contributed by atoms with Crippen LogP contribution < -0.4 is 4.74 Å². The summed E-state index contributed by atoms with van der Waals surface area (Å²) in [6.07, 6.45) is 2.23. The second-order valence-electron chi connectivity index (χ2n) is 2.77. The second-order valence-corrected chi connectivity index (χ2v) is 2.77. The van der Waals surface area contributed by atoms with Gasteiger partial charge >= 0.3 is 0 Å². The zero-order chi connectivity index (χ0) is 9.97. The Balaban J connectivity index is 0.00000112. The van der Waals surface area contributed by atoms with Gasteiger partial charge in [0.25, 0.3) is 0 Å². The number of carbonyl (C=O) groups excluding carboxylic acids is 1. The highest BCUT2D eigenvalue weighted by Crippen LogP contribution is 2.17. The Bertz CT molecular complexity index is 488. The number of aldehydes is 1. The van der Waals surface area contributed by atoms with Crippen molar-refractivity contribution < 1.29 is 9.53 Å². The van der Waals surface area contributed by atoms with Crippen molar-refractivity contribution in [3.63, 3.8) is 0 Å². The van der Waals surface area contributed by atoms with Gasteiger partial charge in [-0.3, -0.25) is 4.79 Å². The molecule has 0 saturated heterocycles. The number of halogens is 1. The summed E-state index contributed by atoms with van der Waals surface area (Å²) >= 11 is 0. The van der Waals surface area contributed by atoms with E-state index in [2.05, 4.69) is 9.97 Å². The van der Waals surface area contributed by atoms with Crippen molar-refractivity contribution in [3.05, 3.63) is 30.2 Å². The third-order valence-corrected chi connectivity index (χ3v) is 1.91. The number of hydrogen-bond donors (Lipinski definition) is 0. The van der Waals surface area contributed by atoms with Gasteiger partial charge in [0.05, 0.1) is 12.6 Å². The summed E-state index contributed by atoms with van der Waals surface area (Å²) in [5, 5.41) is 0.856. The lowest BCUT2D eigenvalue weighted by atomic mass is 10.2. The van der Waals surface area contributed by atoms with Crippen LogP contribution in [0.4, 0.5) is 0 Å². The minimum absolute atomic E-state index is 0. The van der Waals surface area contributed by atoms with Crippen molar-refractivity contribution in [2.24, 2.45) is 0 Å². The molecular weight excluding hydrogens is 216 g/mol. The summed E-state index contributed by atoms with van der Waals surface area (Å²) in [4.78, 5) is 18.3. The molecule has 0 N–H and O–H groups in total. The van der Waals surface area contributed by atoms with Gasteiger partial charge in [0.15, 0.2) is 12.1 Å². The van der Waals surface area contributed by atoms with Crippen LogP contribution >= 0.6 is 12.4 Å². The van der Waals surface area contributed by atoms with Crippen LogP contribution in [0.25, 0.3) is 10.9 Å². The molecule has 0 spiro atoms. The predicted molar refractivity (Wildman–Crippen MR) is 58.7 cm³/mol. The number of rotatable bonds is 2. The lowest BCUT2D eigenvalue weighted by Crippen LogP contribution is -1.92. The number of methoxy groups -OCH3 is 1. The van der Waals surface area contributed by atoms with E-state index >= 15 is 0 Å². The van der Waals surface area contributed by atoms with Crippen LogP contribution in [0.1, 0.15) is 10.6 Å². The fraction of sp³-hybridized carbons (Fsp3) is 0.100. The van der Waals surface area contributed by atoms with Crippen LogP contribution in [0.3, 0.4) is 0 Å². The molecule has 4 nitrogen and oxygen atoms in total. The standard InChI is InChI=1S/C10H8N2O2.ClH/c1-14-8-2-3-9-7(4-8)5-11-10(6-13)12-9;/h2-6H,1H3;1H. The Hall–Kier alpha value is -1.68. The maximum atomic E-state index is 10.4. The van der Waals surface area contributed by atoms with E-state index in [1.807, 2.05) is 6.07 Å². The van der Waals surface area contributed by atoms with Gasteiger partial charge in [0, 0.05) is 11.6 Å². The zero-order valence-corrected chi connectivity index (χ0v) is 8.82. The Morgan fingerprint density at radius 3 is 2.87 bits per heavy atom. The first kappa shape index (κ1) is 11.4. The molecule has 0 unspecified atom stereocenters. The van der Waals surface area contributed by atoms with Crippen LogP contribution in [0.2, 0.25) is 0 Å². The third kappa shape index (κ3) is 2.22. The van der Waals surface area contributed by atoms with E-state index in [1.54, 1.807) is 25.4 Å². The van der Waals surface area contributed by atoms with Gasteiger partial charge in [-0.1, -0.05) is 0 Å². The van der Waals surface area contributed by atoms with E-state index in [4.69, 9.17) is 4.74 Å². The number of fused-ring (bicyclic) bond motifs is 1. The third-order valence-electron chi connectivity index (χ3n) is 1.91. The average Bonchev–Trinajstić information content (AvgIpc) is 2.27. The molecule has 0 bridgehead atoms. The molecule has 0 atom stereocenters. The smallest absolute Gasteiger partial charge is 0.193 e. The molecule has 1 aromatic heterocycles. The number of aromatic nitrogens is 2.